The fraction of sp³-hybridized carbons (Fsp3) is 0.333. The number of pyridine rings is 1. The number of nitrogens with zero attached hydrogens (tertiary/aromatic N) is 1. The second-order valence-electron chi connectivity index (χ2n) is 6.71. The summed E-state index contributed by atoms with van der Waals surface area (Å²) < 4.78 is 27.1. The summed E-state index contributed by atoms with van der Waals surface area (Å²) >= 11 is 0. The third kappa shape index (κ3) is 4.11. The van der Waals surface area contributed by atoms with Gasteiger partial charge in [-0.3, -0.25) is 9.78 Å². The van der Waals surface area contributed by atoms with Gasteiger partial charge in [0.05, 0.1) is 22.5 Å². The van der Waals surface area contributed by atoms with Gasteiger partial charge in [0.15, 0.2) is 11.6 Å². The Morgan fingerprint density at radius 2 is 1.80 bits per heavy atom. The van der Waals surface area contributed by atoms with Gasteiger partial charge in [0.1, 0.15) is 0 Å². The van der Waals surface area contributed by atoms with Crippen molar-refractivity contribution >= 4 is 17.3 Å². The van der Waals surface area contributed by atoms with E-state index in [1.165, 1.54) is 18.5 Å². The van der Waals surface area contributed by atoms with Gasteiger partial charge in [-0.15, -0.1) is 0 Å². The number of amides is 1. The number of benzene rings is 1. The number of halogens is 2. The molecule has 25 heavy (non-hydrogen) atoms. The molecule has 132 valence electrons. The van der Waals surface area contributed by atoms with E-state index in [0.29, 0.717) is 11.3 Å². The highest BCUT2D eigenvalue weighted by atomic mass is 19.2. The molecule has 1 saturated carbocycles. The number of aliphatic hydroxyl groups is 1. The van der Waals surface area contributed by atoms with Crippen molar-refractivity contribution in [3.8, 4) is 0 Å². The number of hydrogen-bond donors (Lipinski definition) is 3. The molecule has 0 saturated heterocycles. The largest absolute Gasteiger partial charge is 0.386 e. The van der Waals surface area contributed by atoms with Crippen LogP contribution in [0.25, 0.3) is 0 Å². The van der Waals surface area contributed by atoms with Crippen LogP contribution in [0.15, 0.2) is 30.6 Å². The summed E-state index contributed by atoms with van der Waals surface area (Å²) in [5.74, 6) is -2.55. The van der Waals surface area contributed by atoms with Gasteiger partial charge in [-0.05, 0) is 32.8 Å². The maximum absolute atomic E-state index is 13.6. The fourth-order valence-corrected chi connectivity index (χ4v) is 2.31. The van der Waals surface area contributed by atoms with Crippen LogP contribution in [-0.2, 0) is 5.60 Å². The standard InChI is InChI=1S/C18H19F2N3O2/c1-18(2,25)11-5-10(8-21-9-11)17(24)23-16-7-14(20)13(19)6-15(16)22-12-3-4-12/h5-9,12,22,25H,3-4H2,1-2H3,(H,23,24). The highest BCUT2D eigenvalue weighted by Crippen LogP contribution is 2.31. The summed E-state index contributed by atoms with van der Waals surface area (Å²) in [6, 6.07) is 3.71. The lowest BCUT2D eigenvalue weighted by Gasteiger charge is -2.18. The first-order valence-electron chi connectivity index (χ1n) is 7.99. The number of aromatic nitrogens is 1. The third-order valence-electron chi connectivity index (χ3n) is 3.95. The number of nitrogens with one attached hydrogen (secondary N) is 2. The highest BCUT2D eigenvalue weighted by molar-refractivity contribution is 6.05. The summed E-state index contributed by atoms with van der Waals surface area (Å²) in [7, 11) is 0. The predicted octanol–water partition coefficient (Wildman–Crippen LogP) is 3.41. The van der Waals surface area contributed by atoms with Crippen LogP contribution in [0.4, 0.5) is 20.2 Å². The third-order valence-corrected chi connectivity index (χ3v) is 3.95. The summed E-state index contributed by atoms with van der Waals surface area (Å²) in [6.07, 6.45) is 4.71. The zero-order valence-electron chi connectivity index (χ0n) is 13.9. The van der Waals surface area contributed by atoms with Crippen molar-refractivity contribution < 1.29 is 18.7 Å². The lowest BCUT2D eigenvalue weighted by Crippen LogP contribution is -2.19. The fourth-order valence-electron chi connectivity index (χ4n) is 2.31. The molecule has 1 aliphatic carbocycles. The molecule has 1 amide bonds. The van der Waals surface area contributed by atoms with Gasteiger partial charge >= 0.3 is 0 Å². The van der Waals surface area contributed by atoms with Crippen molar-refractivity contribution in [3.05, 3.63) is 53.4 Å². The second-order valence-corrected chi connectivity index (χ2v) is 6.71. The van der Waals surface area contributed by atoms with Crippen molar-refractivity contribution in [2.24, 2.45) is 0 Å². The zero-order chi connectivity index (χ0) is 18.2. The van der Waals surface area contributed by atoms with E-state index in [0.717, 1.165) is 25.0 Å². The Morgan fingerprint density at radius 1 is 1.16 bits per heavy atom. The summed E-state index contributed by atoms with van der Waals surface area (Å²) in [4.78, 5) is 16.4. The molecular formula is C18H19F2N3O2. The lowest BCUT2D eigenvalue weighted by molar-refractivity contribution is 0.0781. The van der Waals surface area contributed by atoms with Crippen LogP contribution in [0, 0.1) is 11.6 Å². The van der Waals surface area contributed by atoms with Gasteiger partial charge in [0, 0.05) is 36.1 Å². The lowest BCUT2D eigenvalue weighted by atomic mass is 9.99. The van der Waals surface area contributed by atoms with Crippen LogP contribution in [0.1, 0.15) is 42.6 Å². The van der Waals surface area contributed by atoms with Crippen molar-refractivity contribution in [2.75, 3.05) is 10.6 Å². The van der Waals surface area contributed by atoms with E-state index >= 15 is 0 Å². The van der Waals surface area contributed by atoms with Crippen LogP contribution in [0.5, 0.6) is 0 Å². The quantitative estimate of drug-likeness (QED) is 0.775. The average Bonchev–Trinajstić information content (AvgIpc) is 3.35. The number of hydrogen-bond acceptors (Lipinski definition) is 4. The van der Waals surface area contributed by atoms with E-state index in [9.17, 15) is 18.7 Å². The predicted molar refractivity (Wildman–Crippen MR) is 90.4 cm³/mol. The van der Waals surface area contributed by atoms with Crippen LogP contribution in [0.2, 0.25) is 0 Å². The van der Waals surface area contributed by atoms with Crippen LogP contribution < -0.4 is 10.6 Å². The first-order valence-corrected chi connectivity index (χ1v) is 7.99. The molecule has 1 aromatic heterocycles. The normalized spacial score (nSPS) is 14.3. The molecule has 5 nitrogen and oxygen atoms in total. The van der Waals surface area contributed by atoms with Crippen molar-refractivity contribution in [3.63, 3.8) is 0 Å². The van der Waals surface area contributed by atoms with Gasteiger partial charge in [0.25, 0.3) is 5.91 Å². The van der Waals surface area contributed by atoms with E-state index in [-0.39, 0.29) is 17.3 Å². The van der Waals surface area contributed by atoms with Gasteiger partial charge in [0.2, 0.25) is 0 Å². The Kier molecular flexibility index (Phi) is 4.43. The molecule has 3 rings (SSSR count). The molecule has 7 heteroatoms. The van der Waals surface area contributed by atoms with E-state index in [2.05, 4.69) is 15.6 Å². The zero-order valence-corrected chi connectivity index (χ0v) is 13.9. The first kappa shape index (κ1) is 17.3. The maximum atomic E-state index is 13.6. The minimum absolute atomic E-state index is 0.157. The monoisotopic (exact) mass is 347 g/mol. The van der Waals surface area contributed by atoms with Gasteiger partial charge in [-0.1, -0.05) is 0 Å². The van der Waals surface area contributed by atoms with Crippen LogP contribution in [0.3, 0.4) is 0 Å². The molecule has 0 aliphatic heterocycles. The van der Waals surface area contributed by atoms with Gasteiger partial charge in [-0.2, -0.15) is 0 Å². The molecule has 1 heterocycles. The Bertz CT molecular complexity index is 814. The summed E-state index contributed by atoms with van der Waals surface area (Å²) in [5, 5.41) is 15.7. The number of anilines is 2. The molecule has 0 atom stereocenters. The van der Waals surface area contributed by atoms with Gasteiger partial charge < -0.3 is 15.7 Å². The molecule has 2 aromatic rings. The Morgan fingerprint density at radius 3 is 2.40 bits per heavy atom. The first-order chi connectivity index (χ1) is 11.7. The number of carbonyl (C=O) groups is 1. The van der Waals surface area contributed by atoms with E-state index in [1.54, 1.807) is 13.8 Å². The minimum atomic E-state index is -1.15. The molecule has 1 fully saturated rings. The van der Waals surface area contributed by atoms with Gasteiger partial charge in [-0.25, -0.2) is 8.78 Å². The molecule has 0 spiro atoms. The van der Waals surface area contributed by atoms with E-state index in [4.69, 9.17) is 0 Å². The second kappa shape index (κ2) is 6.40. The smallest absolute Gasteiger partial charge is 0.257 e. The average molecular weight is 347 g/mol. The minimum Gasteiger partial charge on any atom is -0.386 e. The summed E-state index contributed by atoms with van der Waals surface area (Å²) in [5.41, 5.74) is 0.0264. The van der Waals surface area contributed by atoms with Crippen molar-refractivity contribution in [1.29, 1.82) is 0 Å². The Balaban J connectivity index is 1.86. The molecule has 3 N–H and O–H groups in total. The van der Waals surface area contributed by atoms with Crippen LogP contribution >= 0.6 is 0 Å². The molecule has 1 aliphatic rings. The van der Waals surface area contributed by atoms with Crippen molar-refractivity contribution in [2.45, 2.75) is 38.3 Å². The van der Waals surface area contributed by atoms with E-state index in [1.807, 2.05) is 0 Å². The molecular weight excluding hydrogens is 328 g/mol. The maximum Gasteiger partial charge on any atom is 0.257 e. The molecule has 1 aromatic carbocycles. The summed E-state index contributed by atoms with van der Waals surface area (Å²) in [6.45, 7) is 3.16. The Hall–Kier alpha value is -2.54. The molecule has 0 radical (unpaired) electrons. The topological polar surface area (TPSA) is 74.2 Å². The molecule has 0 unspecified atom stereocenters. The SMILES string of the molecule is CC(C)(O)c1cncc(C(=O)Nc2cc(F)c(F)cc2NC2CC2)c1. The molecule has 0 bridgehead atoms. The number of rotatable bonds is 5. The van der Waals surface area contributed by atoms with Crippen LogP contribution in [-0.4, -0.2) is 22.0 Å². The van der Waals surface area contributed by atoms with E-state index < -0.39 is 23.1 Å². The van der Waals surface area contributed by atoms with Crippen molar-refractivity contribution in [1.82, 2.24) is 4.98 Å². The Labute approximate surface area is 144 Å². The number of carbonyl (C=O) groups excluding carboxylic acids is 1. The highest BCUT2D eigenvalue weighted by Gasteiger charge is 2.24.